The van der Waals surface area contributed by atoms with E-state index in [0.717, 1.165) is 35.4 Å². The molecule has 2 nitrogen and oxygen atoms in total. The minimum atomic E-state index is 0.737. The van der Waals surface area contributed by atoms with Crippen LogP contribution in [-0.2, 0) is 6.54 Å². The Morgan fingerprint density at radius 3 is 2.54 bits per heavy atom. The lowest BCUT2D eigenvalue weighted by Crippen LogP contribution is -2.02. The quantitative estimate of drug-likeness (QED) is 0.603. The molecule has 0 N–H and O–H groups in total. The highest BCUT2D eigenvalue weighted by molar-refractivity contribution is 9.10. The monoisotopic (exact) mass is 264 g/mol. The van der Waals surface area contributed by atoms with Crippen LogP contribution in [0, 0.1) is 13.8 Å². The molecule has 0 saturated carbocycles. The molecule has 0 spiro atoms. The molecule has 1 rings (SSSR count). The third-order valence-corrected chi connectivity index (χ3v) is 3.46. The first-order valence-corrected chi connectivity index (χ1v) is 5.75. The Morgan fingerprint density at radius 2 is 2.08 bits per heavy atom. The second-order valence-electron chi connectivity index (χ2n) is 3.10. The fraction of sp³-hybridized carbons (Fsp3) is 0.667. The van der Waals surface area contributed by atoms with E-state index in [-0.39, 0.29) is 0 Å². The predicted molar refractivity (Wildman–Crippen MR) is 59.4 cm³/mol. The van der Waals surface area contributed by atoms with Crippen molar-refractivity contribution in [3.05, 3.63) is 15.9 Å². The summed E-state index contributed by atoms with van der Waals surface area (Å²) in [5, 5.41) is 4.41. The highest BCUT2D eigenvalue weighted by atomic mass is 79.9. The normalized spacial score (nSPS) is 10.8. The molecule has 13 heavy (non-hydrogen) atoms. The molecule has 1 heterocycles. The maximum absolute atomic E-state index is 5.61. The van der Waals surface area contributed by atoms with Gasteiger partial charge in [-0.3, -0.25) is 4.68 Å². The van der Waals surface area contributed by atoms with Crippen LogP contribution in [0.5, 0.6) is 0 Å². The van der Waals surface area contributed by atoms with Gasteiger partial charge in [0.15, 0.2) is 0 Å². The van der Waals surface area contributed by atoms with E-state index in [1.807, 2.05) is 11.6 Å². The van der Waals surface area contributed by atoms with Crippen LogP contribution in [0.4, 0.5) is 0 Å². The van der Waals surface area contributed by atoms with Crippen LogP contribution in [0.2, 0.25) is 0 Å². The first kappa shape index (κ1) is 11.1. The molecule has 74 valence electrons. The molecule has 0 aliphatic rings. The summed E-state index contributed by atoms with van der Waals surface area (Å²) in [4.78, 5) is 0. The van der Waals surface area contributed by atoms with E-state index in [1.54, 1.807) is 0 Å². The largest absolute Gasteiger partial charge is 0.268 e. The molecule has 0 bridgehead atoms. The average Bonchev–Trinajstić information content (AvgIpc) is 2.34. The number of unbranched alkanes of at least 4 members (excludes halogenated alkanes) is 1. The summed E-state index contributed by atoms with van der Waals surface area (Å²) in [7, 11) is 0. The highest BCUT2D eigenvalue weighted by Gasteiger charge is 2.07. The van der Waals surface area contributed by atoms with Crippen molar-refractivity contribution in [3.63, 3.8) is 0 Å². The third kappa shape index (κ3) is 2.71. The molecule has 0 radical (unpaired) electrons. The van der Waals surface area contributed by atoms with Crippen molar-refractivity contribution in [1.82, 2.24) is 9.78 Å². The Bertz CT molecular complexity index is 283. The maximum atomic E-state index is 5.61. The van der Waals surface area contributed by atoms with Crippen molar-refractivity contribution in [2.75, 3.05) is 5.88 Å². The van der Waals surface area contributed by atoms with Crippen molar-refractivity contribution >= 4 is 27.5 Å². The Morgan fingerprint density at radius 1 is 1.38 bits per heavy atom. The zero-order chi connectivity index (χ0) is 9.84. The van der Waals surface area contributed by atoms with Crippen LogP contribution in [0.1, 0.15) is 24.2 Å². The topological polar surface area (TPSA) is 17.8 Å². The molecule has 0 unspecified atom stereocenters. The summed E-state index contributed by atoms with van der Waals surface area (Å²) in [5.41, 5.74) is 2.26. The van der Waals surface area contributed by atoms with Gasteiger partial charge >= 0.3 is 0 Å². The maximum Gasteiger partial charge on any atom is 0.0738 e. The lowest BCUT2D eigenvalue weighted by Gasteiger charge is -2.02. The Kier molecular flexibility index (Phi) is 4.26. The molecular weight excluding hydrogens is 251 g/mol. The van der Waals surface area contributed by atoms with Gasteiger partial charge in [0.25, 0.3) is 0 Å². The summed E-state index contributed by atoms with van der Waals surface area (Å²) in [5.74, 6) is 0.737. The molecule has 1 aromatic heterocycles. The zero-order valence-corrected chi connectivity index (χ0v) is 10.3. The van der Waals surface area contributed by atoms with Gasteiger partial charge in [-0.05, 0) is 42.6 Å². The van der Waals surface area contributed by atoms with Crippen LogP contribution in [0.25, 0.3) is 0 Å². The van der Waals surface area contributed by atoms with E-state index in [2.05, 4.69) is 28.0 Å². The first-order valence-electron chi connectivity index (χ1n) is 4.42. The van der Waals surface area contributed by atoms with Gasteiger partial charge in [-0.25, -0.2) is 0 Å². The number of aryl methyl sites for hydroxylation is 2. The summed E-state index contributed by atoms with van der Waals surface area (Å²) < 4.78 is 3.16. The number of alkyl halides is 1. The lowest BCUT2D eigenvalue weighted by atomic mass is 10.3. The van der Waals surface area contributed by atoms with Crippen molar-refractivity contribution in [3.8, 4) is 0 Å². The number of rotatable bonds is 4. The fourth-order valence-electron chi connectivity index (χ4n) is 1.25. The summed E-state index contributed by atoms with van der Waals surface area (Å²) in [6.45, 7) is 5.05. The van der Waals surface area contributed by atoms with Gasteiger partial charge in [-0.15, -0.1) is 11.6 Å². The van der Waals surface area contributed by atoms with E-state index in [1.165, 1.54) is 5.69 Å². The number of aromatic nitrogens is 2. The van der Waals surface area contributed by atoms with Gasteiger partial charge in [0.05, 0.1) is 10.2 Å². The molecule has 0 aliphatic carbocycles. The van der Waals surface area contributed by atoms with Gasteiger partial charge in [0, 0.05) is 18.1 Å². The zero-order valence-electron chi connectivity index (χ0n) is 7.98. The summed E-state index contributed by atoms with van der Waals surface area (Å²) in [6.07, 6.45) is 2.15. The van der Waals surface area contributed by atoms with Gasteiger partial charge in [-0.1, -0.05) is 0 Å². The number of hydrogen-bond donors (Lipinski definition) is 0. The number of nitrogens with zero attached hydrogens (tertiary/aromatic N) is 2. The molecular formula is C9H14BrClN2. The standard InChI is InChI=1S/C9H14BrClN2/c1-7-9(10)8(2)13(12-7)6-4-3-5-11/h3-6H2,1-2H3. The second-order valence-corrected chi connectivity index (χ2v) is 4.27. The van der Waals surface area contributed by atoms with Gasteiger partial charge in [0.1, 0.15) is 0 Å². The lowest BCUT2D eigenvalue weighted by molar-refractivity contribution is 0.557. The van der Waals surface area contributed by atoms with Crippen molar-refractivity contribution < 1.29 is 0 Å². The molecule has 0 aromatic carbocycles. The summed E-state index contributed by atoms with van der Waals surface area (Å²) >= 11 is 9.10. The number of hydrogen-bond acceptors (Lipinski definition) is 1. The molecule has 0 fully saturated rings. The Hall–Kier alpha value is -0.0200. The third-order valence-electron chi connectivity index (χ3n) is 2.05. The Labute approximate surface area is 92.4 Å². The van der Waals surface area contributed by atoms with Crippen molar-refractivity contribution in [1.29, 1.82) is 0 Å². The minimum absolute atomic E-state index is 0.737. The van der Waals surface area contributed by atoms with Crippen LogP contribution in [0.3, 0.4) is 0 Å². The van der Waals surface area contributed by atoms with Crippen molar-refractivity contribution in [2.45, 2.75) is 33.2 Å². The fourth-order valence-corrected chi connectivity index (χ4v) is 1.72. The second kappa shape index (κ2) is 5.01. The van der Waals surface area contributed by atoms with Crippen LogP contribution >= 0.6 is 27.5 Å². The van der Waals surface area contributed by atoms with E-state index in [9.17, 15) is 0 Å². The first-order chi connectivity index (χ1) is 6.16. The SMILES string of the molecule is Cc1nn(CCCCCl)c(C)c1Br. The minimum Gasteiger partial charge on any atom is -0.268 e. The molecule has 0 saturated heterocycles. The molecule has 0 aliphatic heterocycles. The van der Waals surface area contributed by atoms with E-state index < -0.39 is 0 Å². The van der Waals surface area contributed by atoms with Crippen molar-refractivity contribution in [2.24, 2.45) is 0 Å². The average molecular weight is 266 g/mol. The van der Waals surface area contributed by atoms with Gasteiger partial charge in [-0.2, -0.15) is 5.10 Å². The van der Waals surface area contributed by atoms with Crippen LogP contribution < -0.4 is 0 Å². The summed E-state index contributed by atoms with van der Waals surface area (Å²) in [6, 6.07) is 0. The molecule has 0 amide bonds. The van der Waals surface area contributed by atoms with E-state index in [4.69, 9.17) is 11.6 Å². The Balaban J connectivity index is 2.61. The highest BCUT2D eigenvalue weighted by Crippen LogP contribution is 2.19. The molecule has 1 aromatic rings. The number of halogens is 2. The van der Waals surface area contributed by atoms with Gasteiger partial charge in [0.2, 0.25) is 0 Å². The van der Waals surface area contributed by atoms with Gasteiger partial charge < -0.3 is 0 Å². The van der Waals surface area contributed by atoms with E-state index in [0.29, 0.717) is 0 Å². The van der Waals surface area contributed by atoms with Crippen LogP contribution in [0.15, 0.2) is 4.47 Å². The predicted octanol–water partition coefficient (Wildman–Crippen LogP) is 3.28. The van der Waals surface area contributed by atoms with Crippen LogP contribution in [-0.4, -0.2) is 15.7 Å². The molecule has 0 atom stereocenters. The van der Waals surface area contributed by atoms with E-state index >= 15 is 0 Å². The smallest absolute Gasteiger partial charge is 0.0738 e. The molecule has 4 heteroatoms.